The Labute approximate surface area is 93.8 Å². The lowest BCUT2D eigenvalue weighted by molar-refractivity contribution is 0.566. The number of nitrogens with two attached hydrogens (primary N) is 1. The van der Waals surface area contributed by atoms with Gasteiger partial charge in [0.15, 0.2) is 0 Å². The summed E-state index contributed by atoms with van der Waals surface area (Å²) >= 11 is 3.55. The molecule has 0 spiro atoms. The van der Waals surface area contributed by atoms with Crippen molar-refractivity contribution in [3.05, 3.63) is 34.3 Å². The number of rotatable bonds is 4. The van der Waals surface area contributed by atoms with Crippen molar-refractivity contribution in [3.63, 3.8) is 0 Å². The maximum absolute atomic E-state index is 6.09. The highest BCUT2D eigenvalue weighted by Gasteiger charge is 2.23. The van der Waals surface area contributed by atoms with E-state index in [1.54, 1.807) is 0 Å². The fraction of sp³-hybridized carbons (Fsp3) is 0.500. The van der Waals surface area contributed by atoms with Gasteiger partial charge in [-0.3, -0.25) is 0 Å². The van der Waals surface area contributed by atoms with Gasteiger partial charge in [0.05, 0.1) is 0 Å². The van der Waals surface area contributed by atoms with E-state index in [1.165, 1.54) is 29.3 Å². The van der Waals surface area contributed by atoms with Crippen molar-refractivity contribution in [2.45, 2.75) is 31.7 Å². The molecule has 14 heavy (non-hydrogen) atoms. The van der Waals surface area contributed by atoms with E-state index in [0.29, 0.717) is 6.04 Å². The monoisotopic (exact) mass is 253 g/mol. The summed E-state index contributed by atoms with van der Waals surface area (Å²) in [5.74, 6) is 0.924. The Hall–Kier alpha value is -0.340. The summed E-state index contributed by atoms with van der Waals surface area (Å²) in [5.41, 5.74) is 7.43. The molecule has 0 saturated heterocycles. The lowest BCUT2D eigenvalue weighted by Gasteiger charge is -2.11. The van der Waals surface area contributed by atoms with E-state index in [0.717, 1.165) is 12.3 Å². The number of benzene rings is 1. The Balaban J connectivity index is 1.91. The molecule has 1 aromatic carbocycles. The second kappa shape index (κ2) is 4.45. The summed E-state index contributed by atoms with van der Waals surface area (Å²) in [6, 6.07) is 8.68. The fourth-order valence-electron chi connectivity index (χ4n) is 1.81. The first-order valence-corrected chi connectivity index (χ1v) is 6.04. The molecule has 0 radical (unpaired) electrons. The van der Waals surface area contributed by atoms with Gasteiger partial charge in [0.2, 0.25) is 0 Å². The SMILES string of the molecule is NC(Cc1ccccc1Br)CC1CC1. The lowest BCUT2D eigenvalue weighted by Crippen LogP contribution is -2.23. The lowest BCUT2D eigenvalue weighted by atomic mass is 10.0. The molecule has 1 aliphatic carbocycles. The van der Waals surface area contributed by atoms with Crippen molar-refractivity contribution in [3.8, 4) is 0 Å². The average molecular weight is 254 g/mol. The van der Waals surface area contributed by atoms with Gasteiger partial charge in [0, 0.05) is 10.5 Å². The van der Waals surface area contributed by atoms with E-state index in [-0.39, 0.29) is 0 Å². The molecule has 2 heteroatoms. The molecule has 0 heterocycles. The van der Waals surface area contributed by atoms with Crippen LogP contribution >= 0.6 is 15.9 Å². The maximum atomic E-state index is 6.09. The van der Waals surface area contributed by atoms with E-state index in [2.05, 4.69) is 34.1 Å². The molecule has 0 amide bonds. The van der Waals surface area contributed by atoms with Crippen LogP contribution in [0.1, 0.15) is 24.8 Å². The normalized spacial score (nSPS) is 18.1. The molecule has 1 atom stereocenters. The Bertz CT molecular complexity index is 307. The Morgan fingerprint density at radius 2 is 2.07 bits per heavy atom. The van der Waals surface area contributed by atoms with Gasteiger partial charge in [-0.2, -0.15) is 0 Å². The minimum Gasteiger partial charge on any atom is -0.327 e. The van der Waals surface area contributed by atoms with Gasteiger partial charge >= 0.3 is 0 Å². The van der Waals surface area contributed by atoms with E-state index in [4.69, 9.17) is 5.73 Å². The Morgan fingerprint density at radius 1 is 1.36 bits per heavy atom. The van der Waals surface area contributed by atoms with Crippen LogP contribution in [-0.4, -0.2) is 6.04 Å². The molecule has 0 aliphatic heterocycles. The second-order valence-corrected chi connectivity index (χ2v) is 5.09. The van der Waals surface area contributed by atoms with Crippen molar-refractivity contribution in [1.82, 2.24) is 0 Å². The third-order valence-electron chi connectivity index (χ3n) is 2.77. The van der Waals surface area contributed by atoms with Crippen LogP contribution in [0.3, 0.4) is 0 Å². The molecule has 1 aromatic rings. The summed E-state index contributed by atoms with van der Waals surface area (Å²) in [4.78, 5) is 0. The van der Waals surface area contributed by atoms with Crippen LogP contribution in [0.5, 0.6) is 0 Å². The van der Waals surface area contributed by atoms with Crippen molar-refractivity contribution in [1.29, 1.82) is 0 Å². The van der Waals surface area contributed by atoms with Gasteiger partial charge in [-0.05, 0) is 30.4 Å². The first kappa shape index (κ1) is 10.2. The van der Waals surface area contributed by atoms with Gasteiger partial charge in [-0.1, -0.05) is 47.0 Å². The van der Waals surface area contributed by atoms with Gasteiger partial charge in [-0.15, -0.1) is 0 Å². The number of hydrogen-bond acceptors (Lipinski definition) is 1. The van der Waals surface area contributed by atoms with Crippen molar-refractivity contribution in [2.24, 2.45) is 11.7 Å². The number of hydrogen-bond donors (Lipinski definition) is 1. The first-order valence-electron chi connectivity index (χ1n) is 5.24. The third-order valence-corrected chi connectivity index (χ3v) is 3.55. The zero-order valence-electron chi connectivity index (χ0n) is 8.25. The van der Waals surface area contributed by atoms with Crippen molar-refractivity contribution in [2.75, 3.05) is 0 Å². The molecular weight excluding hydrogens is 238 g/mol. The standard InChI is InChI=1S/C12H16BrN/c13-12-4-2-1-3-10(12)8-11(14)7-9-5-6-9/h1-4,9,11H,5-8,14H2. The predicted molar refractivity (Wildman–Crippen MR) is 63.2 cm³/mol. The van der Waals surface area contributed by atoms with Crippen LogP contribution in [0.2, 0.25) is 0 Å². The maximum Gasteiger partial charge on any atom is 0.0207 e. The summed E-state index contributed by atoms with van der Waals surface area (Å²) in [7, 11) is 0. The molecule has 1 fully saturated rings. The molecule has 0 bridgehead atoms. The molecule has 1 nitrogen and oxygen atoms in total. The zero-order chi connectivity index (χ0) is 9.97. The predicted octanol–water partition coefficient (Wildman–Crippen LogP) is 3.12. The van der Waals surface area contributed by atoms with Crippen molar-refractivity contribution >= 4 is 15.9 Å². The van der Waals surface area contributed by atoms with Crippen LogP contribution in [0, 0.1) is 5.92 Å². The highest BCUT2D eigenvalue weighted by atomic mass is 79.9. The topological polar surface area (TPSA) is 26.0 Å². The molecule has 2 rings (SSSR count). The minimum absolute atomic E-state index is 0.334. The quantitative estimate of drug-likeness (QED) is 0.877. The Kier molecular flexibility index (Phi) is 3.24. The van der Waals surface area contributed by atoms with E-state index < -0.39 is 0 Å². The second-order valence-electron chi connectivity index (χ2n) is 4.23. The smallest absolute Gasteiger partial charge is 0.0207 e. The molecule has 1 saturated carbocycles. The van der Waals surface area contributed by atoms with Crippen LogP contribution in [0.15, 0.2) is 28.7 Å². The van der Waals surface area contributed by atoms with Crippen LogP contribution < -0.4 is 5.73 Å². The van der Waals surface area contributed by atoms with E-state index in [9.17, 15) is 0 Å². The third kappa shape index (κ3) is 2.82. The summed E-state index contributed by atoms with van der Waals surface area (Å²) in [6.07, 6.45) is 4.98. The fourth-order valence-corrected chi connectivity index (χ4v) is 2.26. The van der Waals surface area contributed by atoms with Crippen LogP contribution in [0.4, 0.5) is 0 Å². The van der Waals surface area contributed by atoms with Gasteiger partial charge in [-0.25, -0.2) is 0 Å². The van der Waals surface area contributed by atoms with Crippen molar-refractivity contribution < 1.29 is 0 Å². The molecule has 0 aromatic heterocycles. The molecule has 1 aliphatic rings. The van der Waals surface area contributed by atoms with Gasteiger partial charge in [0.1, 0.15) is 0 Å². The zero-order valence-corrected chi connectivity index (χ0v) is 9.83. The minimum atomic E-state index is 0.334. The highest BCUT2D eigenvalue weighted by molar-refractivity contribution is 9.10. The summed E-state index contributed by atoms with van der Waals surface area (Å²) in [6.45, 7) is 0. The average Bonchev–Trinajstić information content (AvgIpc) is 2.93. The van der Waals surface area contributed by atoms with Crippen LogP contribution in [-0.2, 0) is 6.42 Å². The molecular formula is C12H16BrN. The van der Waals surface area contributed by atoms with Gasteiger partial charge in [0.25, 0.3) is 0 Å². The number of halogens is 1. The molecule has 1 unspecified atom stereocenters. The first-order chi connectivity index (χ1) is 6.75. The Morgan fingerprint density at radius 3 is 2.71 bits per heavy atom. The molecule has 76 valence electrons. The van der Waals surface area contributed by atoms with Gasteiger partial charge < -0.3 is 5.73 Å². The van der Waals surface area contributed by atoms with E-state index in [1.807, 2.05) is 6.07 Å². The highest BCUT2D eigenvalue weighted by Crippen LogP contribution is 2.33. The summed E-state index contributed by atoms with van der Waals surface area (Å²) < 4.78 is 1.19. The van der Waals surface area contributed by atoms with E-state index >= 15 is 0 Å². The van der Waals surface area contributed by atoms with Crippen LogP contribution in [0.25, 0.3) is 0 Å². The molecule has 2 N–H and O–H groups in total. The summed E-state index contributed by atoms with van der Waals surface area (Å²) in [5, 5.41) is 0. The largest absolute Gasteiger partial charge is 0.327 e.